The largest absolute Gasteiger partial charge is 0.323 e. The van der Waals surface area contributed by atoms with Gasteiger partial charge in [-0.05, 0) is 69.0 Å². The number of hydrogen-bond acceptors (Lipinski definition) is 2. The topological polar surface area (TPSA) is 26.0 Å². The molecule has 1 nitrogen and oxygen atoms in total. The molecule has 2 aromatic rings. The van der Waals surface area contributed by atoms with Crippen LogP contribution in [-0.2, 0) is 6.42 Å². The van der Waals surface area contributed by atoms with Gasteiger partial charge in [0.2, 0.25) is 0 Å². The molecule has 0 saturated carbocycles. The summed E-state index contributed by atoms with van der Waals surface area (Å²) in [5.74, 6) is -1.15. The zero-order valence-corrected chi connectivity index (χ0v) is 14.0. The molecule has 0 amide bonds. The molecule has 0 aliphatic carbocycles. The molecule has 0 fully saturated rings. The van der Waals surface area contributed by atoms with Crippen molar-refractivity contribution in [2.45, 2.75) is 19.4 Å². The Labute approximate surface area is 131 Å². The number of benzene rings is 1. The van der Waals surface area contributed by atoms with Crippen LogP contribution in [0, 0.1) is 18.6 Å². The van der Waals surface area contributed by atoms with Crippen LogP contribution in [0.15, 0.2) is 26.5 Å². The molecule has 2 rings (SSSR count). The van der Waals surface area contributed by atoms with Gasteiger partial charge in [0.1, 0.15) is 11.6 Å². The van der Waals surface area contributed by atoms with Gasteiger partial charge in [0.05, 0.1) is 8.26 Å². The second-order valence-electron chi connectivity index (χ2n) is 4.24. The number of rotatable bonds is 3. The third-order valence-corrected chi connectivity index (χ3v) is 5.69. The zero-order chi connectivity index (χ0) is 14.2. The summed E-state index contributed by atoms with van der Waals surface area (Å²) in [5, 5.41) is 0. The van der Waals surface area contributed by atoms with Crippen LogP contribution < -0.4 is 5.73 Å². The molecular formula is C13H11Br2F2NS. The Morgan fingerprint density at radius 1 is 1.32 bits per heavy atom. The van der Waals surface area contributed by atoms with E-state index in [-0.39, 0.29) is 16.5 Å². The smallest absolute Gasteiger partial charge is 0.143 e. The van der Waals surface area contributed by atoms with Gasteiger partial charge < -0.3 is 5.73 Å². The van der Waals surface area contributed by atoms with Crippen molar-refractivity contribution in [2.75, 3.05) is 0 Å². The average Bonchev–Trinajstić information content (AvgIpc) is 2.70. The number of aryl methyl sites for hydroxylation is 1. The molecule has 1 heterocycles. The van der Waals surface area contributed by atoms with Crippen LogP contribution in [0.25, 0.3) is 0 Å². The third-order valence-electron chi connectivity index (χ3n) is 2.80. The highest BCUT2D eigenvalue weighted by atomic mass is 79.9. The van der Waals surface area contributed by atoms with E-state index in [0.29, 0.717) is 0 Å². The highest BCUT2D eigenvalue weighted by molar-refractivity contribution is 9.11. The highest BCUT2D eigenvalue weighted by Crippen LogP contribution is 2.33. The second-order valence-corrected chi connectivity index (χ2v) is 7.49. The first kappa shape index (κ1) is 15.1. The number of nitrogens with two attached hydrogens (primary N) is 1. The molecule has 1 atom stereocenters. The zero-order valence-electron chi connectivity index (χ0n) is 10.0. The van der Waals surface area contributed by atoms with E-state index in [9.17, 15) is 8.78 Å². The highest BCUT2D eigenvalue weighted by Gasteiger charge is 2.18. The molecule has 0 aliphatic rings. The van der Waals surface area contributed by atoms with Crippen molar-refractivity contribution < 1.29 is 8.78 Å². The summed E-state index contributed by atoms with van der Waals surface area (Å²) in [6.07, 6.45) is 0.128. The van der Waals surface area contributed by atoms with Crippen molar-refractivity contribution >= 4 is 43.2 Å². The van der Waals surface area contributed by atoms with Crippen LogP contribution in [-0.4, -0.2) is 0 Å². The molecule has 6 heteroatoms. The van der Waals surface area contributed by atoms with E-state index >= 15 is 0 Å². The first-order valence-electron chi connectivity index (χ1n) is 5.54. The molecule has 1 aromatic carbocycles. The number of hydrogen-bond donors (Lipinski definition) is 1. The molecular weight excluding hydrogens is 400 g/mol. The Bertz CT molecular complexity index is 593. The molecule has 19 heavy (non-hydrogen) atoms. The second kappa shape index (κ2) is 5.99. The standard InChI is InChI=1S/C13H11Br2F2NS/c1-6-4-11(19-13(6)15)10(18)5-7-9(16)3-2-8(14)12(7)17/h2-4,10H,5,18H2,1H3. The van der Waals surface area contributed by atoms with E-state index in [1.807, 2.05) is 13.0 Å². The van der Waals surface area contributed by atoms with Crippen LogP contribution in [0.5, 0.6) is 0 Å². The third kappa shape index (κ3) is 3.24. The van der Waals surface area contributed by atoms with Gasteiger partial charge in [-0.2, -0.15) is 0 Å². The van der Waals surface area contributed by atoms with Gasteiger partial charge in [-0.15, -0.1) is 11.3 Å². The van der Waals surface area contributed by atoms with Crippen molar-refractivity contribution in [3.05, 3.63) is 54.1 Å². The normalized spacial score (nSPS) is 12.7. The van der Waals surface area contributed by atoms with Crippen LogP contribution in [0.2, 0.25) is 0 Å². The summed E-state index contributed by atoms with van der Waals surface area (Å²) >= 11 is 7.97. The lowest BCUT2D eigenvalue weighted by molar-refractivity contribution is 0.537. The van der Waals surface area contributed by atoms with Crippen molar-refractivity contribution in [3.63, 3.8) is 0 Å². The molecule has 0 aliphatic heterocycles. The lowest BCUT2D eigenvalue weighted by Gasteiger charge is -2.12. The molecule has 2 N–H and O–H groups in total. The maximum Gasteiger partial charge on any atom is 0.143 e. The Balaban J connectivity index is 2.28. The van der Waals surface area contributed by atoms with E-state index in [2.05, 4.69) is 31.9 Å². The quantitative estimate of drug-likeness (QED) is 0.699. The van der Waals surface area contributed by atoms with Crippen LogP contribution in [0.4, 0.5) is 8.78 Å². The van der Waals surface area contributed by atoms with Gasteiger partial charge in [-0.1, -0.05) is 0 Å². The molecule has 0 radical (unpaired) electrons. The summed E-state index contributed by atoms with van der Waals surface area (Å²) in [6.45, 7) is 1.96. The summed E-state index contributed by atoms with van der Waals surface area (Å²) in [4.78, 5) is 0.906. The summed E-state index contributed by atoms with van der Waals surface area (Å²) in [7, 11) is 0. The Morgan fingerprint density at radius 3 is 2.58 bits per heavy atom. The fraction of sp³-hybridized carbons (Fsp3) is 0.231. The molecule has 0 bridgehead atoms. The Hall–Kier alpha value is -0.300. The monoisotopic (exact) mass is 409 g/mol. The maximum absolute atomic E-state index is 13.9. The molecule has 1 unspecified atom stereocenters. The van der Waals surface area contributed by atoms with E-state index < -0.39 is 17.7 Å². The Morgan fingerprint density at radius 2 is 2.00 bits per heavy atom. The minimum atomic E-state index is -0.581. The van der Waals surface area contributed by atoms with Gasteiger partial charge >= 0.3 is 0 Å². The summed E-state index contributed by atoms with van der Waals surface area (Å²) in [6, 6.07) is 4.11. The maximum atomic E-state index is 13.9. The predicted molar refractivity (Wildman–Crippen MR) is 81.4 cm³/mol. The average molecular weight is 411 g/mol. The predicted octanol–water partition coefficient (Wildman–Crippen LogP) is 5.10. The summed E-state index contributed by atoms with van der Waals surface area (Å²) < 4.78 is 28.8. The van der Waals surface area contributed by atoms with E-state index in [0.717, 1.165) is 14.2 Å². The Kier molecular flexibility index (Phi) is 4.76. The van der Waals surface area contributed by atoms with Crippen LogP contribution in [0.1, 0.15) is 22.0 Å². The van der Waals surface area contributed by atoms with Gasteiger partial charge in [-0.3, -0.25) is 0 Å². The molecule has 0 spiro atoms. The number of halogens is 4. The summed E-state index contributed by atoms with van der Waals surface area (Å²) in [5.41, 5.74) is 7.13. The fourth-order valence-electron chi connectivity index (χ4n) is 1.74. The van der Waals surface area contributed by atoms with E-state index in [4.69, 9.17) is 5.73 Å². The van der Waals surface area contributed by atoms with Crippen molar-refractivity contribution in [1.82, 2.24) is 0 Å². The van der Waals surface area contributed by atoms with E-state index in [1.165, 1.54) is 23.5 Å². The molecule has 0 saturated heterocycles. The molecule has 102 valence electrons. The number of thiophene rings is 1. The van der Waals surface area contributed by atoms with Gasteiger partial charge in [0.15, 0.2) is 0 Å². The SMILES string of the molecule is Cc1cc(C(N)Cc2c(F)ccc(Br)c2F)sc1Br. The minimum absolute atomic E-state index is 0.0176. The van der Waals surface area contributed by atoms with Gasteiger partial charge in [-0.25, -0.2) is 8.78 Å². The van der Waals surface area contributed by atoms with E-state index in [1.54, 1.807) is 0 Å². The van der Waals surface area contributed by atoms with Crippen LogP contribution in [0.3, 0.4) is 0 Å². The van der Waals surface area contributed by atoms with Crippen LogP contribution >= 0.6 is 43.2 Å². The van der Waals surface area contributed by atoms with Gasteiger partial charge in [0, 0.05) is 16.5 Å². The van der Waals surface area contributed by atoms with Gasteiger partial charge in [0.25, 0.3) is 0 Å². The van der Waals surface area contributed by atoms with Crippen molar-refractivity contribution in [3.8, 4) is 0 Å². The first-order chi connectivity index (χ1) is 8.90. The lowest BCUT2D eigenvalue weighted by atomic mass is 10.0. The van der Waals surface area contributed by atoms with Crippen molar-refractivity contribution in [1.29, 1.82) is 0 Å². The lowest BCUT2D eigenvalue weighted by Crippen LogP contribution is -2.14. The molecule has 1 aromatic heterocycles. The minimum Gasteiger partial charge on any atom is -0.323 e. The first-order valence-corrected chi connectivity index (χ1v) is 7.94. The fourth-order valence-corrected chi connectivity index (χ4v) is 3.69. The van der Waals surface area contributed by atoms with Crippen molar-refractivity contribution in [2.24, 2.45) is 5.73 Å².